The lowest BCUT2D eigenvalue weighted by atomic mass is 10.00. The smallest absolute Gasteiger partial charge is 0.292 e. The molecule has 2 aliphatic heterocycles. The Morgan fingerprint density at radius 3 is 2.44 bits per heavy atom. The molecule has 2 aliphatic rings. The van der Waals surface area contributed by atoms with Crippen molar-refractivity contribution in [1.82, 2.24) is 0 Å². The normalized spacial score (nSPS) is 18.8. The van der Waals surface area contributed by atoms with Gasteiger partial charge in [0.1, 0.15) is 0 Å². The van der Waals surface area contributed by atoms with Crippen LogP contribution in [-0.4, -0.2) is 25.7 Å². The van der Waals surface area contributed by atoms with Gasteiger partial charge in [-0.05, 0) is 38.3 Å². The van der Waals surface area contributed by atoms with E-state index in [1.54, 1.807) is 0 Å². The third-order valence-corrected chi connectivity index (χ3v) is 5.23. The van der Waals surface area contributed by atoms with Gasteiger partial charge < -0.3 is 14.4 Å². The summed E-state index contributed by atoms with van der Waals surface area (Å²) in [5.41, 5.74) is 4.18. The summed E-state index contributed by atoms with van der Waals surface area (Å²) in [6.45, 7) is 8.26. The van der Waals surface area contributed by atoms with E-state index in [9.17, 15) is 4.79 Å². The van der Waals surface area contributed by atoms with E-state index in [-0.39, 0.29) is 5.91 Å². The minimum absolute atomic E-state index is 0.0375. The van der Waals surface area contributed by atoms with Gasteiger partial charge in [0.05, 0.1) is 18.9 Å². The molecular weight excluding hydrogens is 314 g/mol. The molecule has 0 saturated carbocycles. The van der Waals surface area contributed by atoms with Crippen LogP contribution >= 0.6 is 0 Å². The molecular formula is C21H31NO3. The Bertz CT molecular complexity index is 620. The average Bonchev–Trinajstić information content (AvgIpc) is 2.81. The fourth-order valence-electron chi connectivity index (χ4n) is 4.04. The summed E-state index contributed by atoms with van der Waals surface area (Å²) in [5.74, 6) is -1.24. The molecule has 1 aromatic carbocycles. The maximum Gasteiger partial charge on any atom is 0.292 e. The van der Waals surface area contributed by atoms with E-state index in [1.807, 2.05) is 4.90 Å². The van der Waals surface area contributed by atoms with Crippen LogP contribution in [0.25, 0.3) is 0 Å². The lowest BCUT2D eigenvalue weighted by molar-refractivity contribution is -0.256. The molecule has 1 amide bonds. The van der Waals surface area contributed by atoms with Gasteiger partial charge >= 0.3 is 0 Å². The monoisotopic (exact) mass is 345 g/mol. The van der Waals surface area contributed by atoms with Gasteiger partial charge in [-0.3, -0.25) is 4.79 Å². The van der Waals surface area contributed by atoms with E-state index in [4.69, 9.17) is 9.47 Å². The lowest BCUT2D eigenvalue weighted by Crippen LogP contribution is -2.47. The van der Waals surface area contributed by atoms with Crippen molar-refractivity contribution >= 4 is 11.6 Å². The van der Waals surface area contributed by atoms with Crippen LogP contribution in [0.3, 0.4) is 0 Å². The van der Waals surface area contributed by atoms with E-state index in [2.05, 4.69) is 32.9 Å². The van der Waals surface area contributed by atoms with Crippen LogP contribution < -0.4 is 4.90 Å². The molecule has 1 saturated heterocycles. The van der Waals surface area contributed by atoms with Gasteiger partial charge in [-0.25, -0.2) is 0 Å². The van der Waals surface area contributed by atoms with Crippen molar-refractivity contribution in [1.29, 1.82) is 0 Å². The van der Waals surface area contributed by atoms with Gasteiger partial charge in [0.25, 0.3) is 11.7 Å². The van der Waals surface area contributed by atoms with Crippen molar-refractivity contribution in [3.63, 3.8) is 0 Å². The molecule has 0 N–H and O–H groups in total. The second-order valence-corrected chi connectivity index (χ2v) is 7.37. The van der Waals surface area contributed by atoms with Gasteiger partial charge in [-0.2, -0.15) is 0 Å². The third kappa shape index (κ3) is 3.47. The number of aryl methyl sites for hydroxylation is 2. The summed E-state index contributed by atoms with van der Waals surface area (Å²) in [6.07, 6.45) is 8.12. The Balaban J connectivity index is 1.79. The Hall–Kier alpha value is -1.39. The average molecular weight is 345 g/mol. The molecule has 4 heteroatoms. The Morgan fingerprint density at radius 1 is 1.04 bits per heavy atom. The van der Waals surface area contributed by atoms with Crippen LogP contribution in [0, 0.1) is 13.8 Å². The molecule has 4 nitrogen and oxygen atoms in total. The van der Waals surface area contributed by atoms with Crippen molar-refractivity contribution in [2.24, 2.45) is 0 Å². The van der Waals surface area contributed by atoms with E-state index in [0.717, 1.165) is 41.8 Å². The number of carbonyl (C=O) groups is 1. The van der Waals surface area contributed by atoms with Gasteiger partial charge in [0.2, 0.25) is 0 Å². The zero-order valence-electron chi connectivity index (χ0n) is 15.9. The van der Waals surface area contributed by atoms with Crippen LogP contribution in [-0.2, 0) is 20.1 Å². The number of hydrogen-bond donors (Lipinski definition) is 0. The van der Waals surface area contributed by atoms with Crippen LogP contribution in [0.4, 0.5) is 5.69 Å². The molecule has 0 bridgehead atoms. The zero-order valence-corrected chi connectivity index (χ0v) is 15.9. The third-order valence-electron chi connectivity index (χ3n) is 5.23. The second kappa shape index (κ2) is 7.88. The van der Waals surface area contributed by atoms with E-state index in [0.29, 0.717) is 13.2 Å². The van der Waals surface area contributed by atoms with Gasteiger partial charge in [0, 0.05) is 12.1 Å². The highest BCUT2D eigenvalue weighted by atomic mass is 16.7. The molecule has 1 fully saturated rings. The number of nitrogens with zero attached hydrogens (tertiary/aromatic N) is 1. The van der Waals surface area contributed by atoms with Gasteiger partial charge in [0.15, 0.2) is 0 Å². The minimum atomic E-state index is -1.20. The number of hydrogen-bond acceptors (Lipinski definition) is 3. The largest absolute Gasteiger partial charge is 0.338 e. The van der Waals surface area contributed by atoms with Crippen LogP contribution in [0.2, 0.25) is 0 Å². The molecule has 138 valence electrons. The maximum absolute atomic E-state index is 13.2. The minimum Gasteiger partial charge on any atom is -0.338 e. The topological polar surface area (TPSA) is 38.8 Å². The number of rotatable bonds is 7. The first kappa shape index (κ1) is 18.4. The molecule has 0 atom stereocenters. The highest BCUT2D eigenvalue weighted by molar-refractivity contribution is 6.07. The summed E-state index contributed by atoms with van der Waals surface area (Å²) < 4.78 is 11.9. The highest BCUT2D eigenvalue weighted by Crippen LogP contribution is 2.47. The first-order chi connectivity index (χ1) is 12.1. The predicted molar refractivity (Wildman–Crippen MR) is 99.8 cm³/mol. The molecule has 1 spiro atoms. The molecule has 2 heterocycles. The van der Waals surface area contributed by atoms with Crippen molar-refractivity contribution in [3.05, 3.63) is 28.8 Å². The standard InChI is InChI=1S/C21H31NO3/c1-4-5-6-7-8-9-11-22-19-17(3)14-16(2)15-18(19)21(20(22)23)24-12-10-13-25-21/h14-15H,4-13H2,1-3H3. The summed E-state index contributed by atoms with van der Waals surface area (Å²) in [4.78, 5) is 15.2. The number of ether oxygens (including phenoxy) is 2. The number of anilines is 1. The van der Waals surface area contributed by atoms with Gasteiger partial charge in [-0.1, -0.05) is 50.7 Å². The Morgan fingerprint density at radius 2 is 1.72 bits per heavy atom. The van der Waals surface area contributed by atoms with Crippen LogP contribution in [0.15, 0.2) is 12.1 Å². The SMILES string of the molecule is CCCCCCCCN1C(=O)C2(OCCCO2)c2cc(C)cc(C)c21. The number of benzene rings is 1. The van der Waals surface area contributed by atoms with Crippen molar-refractivity contribution in [2.45, 2.75) is 71.5 Å². The fraction of sp³-hybridized carbons (Fsp3) is 0.667. The molecule has 0 radical (unpaired) electrons. The van der Waals surface area contributed by atoms with E-state index < -0.39 is 5.79 Å². The molecule has 1 aromatic rings. The molecule has 25 heavy (non-hydrogen) atoms. The number of amides is 1. The van der Waals surface area contributed by atoms with E-state index in [1.165, 1.54) is 32.1 Å². The molecule has 0 aliphatic carbocycles. The summed E-state index contributed by atoms with van der Waals surface area (Å²) in [7, 11) is 0. The number of unbranched alkanes of at least 4 members (excludes halogenated alkanes) is 5. The predicted octanol–water partition coefficient (Wildman–Crippen LogP) is 4.60. The van der Waals surface area contributed by atoms with Crippen LogP contribution in [0.1, 0.15) is 68.6 Å². The zero-order chi connectivity index (χ0) is 17.9. The fourth-order valence-corrected chi connectivity index (χ4v) is 4.04. The van der Waals surface area contributed by atoms with Crippen molar-refractivity contribution < 1.29 is 14.3 Å². The van der Waals surface area contributed by atoms with Crippen molar-refractivity contribution in [3.8, 4) is 0 Å². The Kier molecular flexibility index (Phi) is 5.80. The summed E-state index contributed by atoms with van der Waals surface area (Å²) in [6, 6.07) is 4.20. The summed E-state index contributed by atoms with van der Waals surface area (Å²) >= 11 is 0. The lowest BCUT2D eigenvalue weighted by Gasteiger charge is -2.32. The first-order valence-electron chi connectivity index (χ1n) is 9.81. The number of carbonyl (C=O) groups excluding carboxylic acids is 1. The van der Waals surface area contributed by atoms with Crippen molar-refractivity contribution in [2.75, 3.05) is 24.7 Å². The highest BCUT2D eigenvalue weighted by Gasteiger charge is 2.55. The van der Waals surface area contributed by atoms with Gasteiger partial charge in [-0.15, -0.1) is 0 Å². The Labute approximate surface area is 151 Å². The summed E-state index contributed by atoms with van der Waals surface area (Å²) in [5, 5.41) is 0. The quantitative estimate of drug-likeness (QED) is 0.678. The first-order valence-corrected chi connectivity index (χ1v) is 9.81. The second-order valence-electron chi connectivity index (χ2n) is 7.37. The molecule has 0 aromatic heterocycles. The van der Waals surface area contributed by atoms with Crippen LogP contribution in [0.5, 0.6) is 0 Å². The number of fused-ring (bicyclic) bond motifs is 2. The molecule has 0 unspecified atom stereocenters. The maximum atomic E-state index is 13.2. The van der Waals surface area contributed by atoms with E-state index >= 15 is 0 Å². The molecule has 3 rings (SSSR count).